The molecule has 5 aromatic rings. The van der Waals surface area contributed by atoms with E-state index in [1.807, 2.05) is 48.5 Å². The van der Waals surface area contributed by atoms with Crippen LogP contribution in [0.4, 0.5) is 0 Å². The van der Waals surface area contributed by atoms with Crippen molar-refractivity contribution < 1.29 is 54.8 Å². The zero-order valence-electron chi connectivity index (χ0n) is 26.0. The fraction of sp³-hybridized carbons (Fsp3) is 0.324. The number of hydrogen-bond acceptors (Lipinski definition) is 11. The summed E-state index contributed by atoms with van der Waals surface area (Å²) >= 11 is 0. The number of aliphatic hydroxyl groups excluding tert-OH is 3. The van der Waals surface area contributed by atoms with Crippen molar-refractivity contribution in [2.75, 3.05) is 0 Å². The quantitative estimate of drug-likeness (QED) is 0.0547. The van der Waals surface area contributed by atoms with E-state index in [1.165, 1.54) is 24.3 Å². The first-order valence-corrected chi connectivity index (χ1v) is 16.1. The van der Waals surface area contributed by atoms with Gasteiger partial charge in [0.05, 0.1) is 29.3 Å². The Bertz CT molecular complexity index is 2110. The molecule has 1 aliphatic carbocycles. The van der Waals surface area contributed by atoms with Crippen LogP contribution in [-0.4, -0.2) is 88.8 Å². The number of carbonyl (C=O) groups is 1. The summed E-state index contributed by atoms with van der Waals surface area (Å²) in [6, 6.07) is 21.7. The third-order valence-electron chi connectivity index (χ3n) is 10.4. The minimum Gasteiger partial charge on any atom is -0.508 e. The van der Waals surface area contributed by atoms with Crippen molar-refractivity contribution in [1.29, 1.82) is 0 Å². The molecule has 2 fully saturated rings. The number of rotatable bonds is 7. The average molecular weight is 670 g/mol. The van der Waals surface area contributed by atoms with Crippen LogP contribution in [0.3, 0.4) is 0 Å². The molecule has 2 saturated heterocycles. The number of carbonyl (C=O) groups excluding carboxylic acids is 1. The second kappa shape index (κ2) is 11.6. The maximum atomic E-state index is 14.2. The number of nitrogens with one attached hydrogen (secondary N) is 1. The topological polar surface area (TPSA) is 202 Å². The minimum atomic E-state index is -2.67. The van der Waals surface area contributed by atoms with E-state index in [0.29, 0.717) is 16.5 Å². The van der Waals surface area contributed by atoms with Crippen molar-refractivity contribution in [2.45, 2.75) is 61.5 Å². The van der Waals surface area contributed by atoms with Crippen LogP contribution in [0.25, 0.3) is 32.4 Å². The summed E-state index contributed by atoms with van der Waals surface area (Å²) in [5, 5.41) is 79.7. The number of fused-ring (bicyclic) bond motifs is 4. The van der Waals surface area contributed by atoms with Crippen LogP contribution in [0.2, 0.25) is 0 Å². The number of H-pyrrole nitrogens is 1. The van der Waals surface area contributed by atoms with Gasteiger partial charge in [0.2, 0.25) is 5.79 Å². The highest BCUT2D eigenvalue weighted by Crippen LogP contribution is 2.55. The van der Waals surface area contributed by atoms with Crippen LogP contribution in [0.5, 0.6) is 11.5 Å². The lowest BCUT2D eigenvalue weighted by molar-refractivity contribution is -0.327. The Kier molecular flexibility index (Phi) is 7.55. The molecule has 3 heterocycles. The molecule has 254 valence electrons. The van der Waals surface area contributed by atoms with E-state index < -0.39 is 66.5 Å². The van der Waals surface area contributed by atoms with Crippen molar-refractivity contribution in [3.8, 4) is 11.5 Å². The van der Waals surface area contributed by atoms with Gasteiger partial charge in [0.25, 0.3) is 0 Å². The van der Waals surface area contributed by atoms with Crippen LogP contribution in [0, 0.1) is 11.8 Å². The summed E-state index contributed by atoms with van der Waals surface area (Å²) in [6.45, 7) is -0.508. The molecule has 0 spiro atoms. The normalized spacial score (nSPS) is 29.9. The highest BCUT2D eigenvalue weighted by molar-refractivity contribution is 6.14. The van der Waals surface area contributed by atoms with Crippen LogP contribution >= 0.6 is 0 Å². The minimum absolute atomic E-state index is 0.0128. The van der Waals surface area contributed by atoms with Gasteiger partial charge in [-0.05, 0) is 70.3 Å². The molecule has 1 aromatic heterocycles. The number of aromatic nitrogens is 1. The number of hydrogen-bond donors (Lipinski definition) is 8. The van der Waals surface area contributed by atoms with E-state index in [0.717, 1.165) is 21.5 Å². The Morgan fingerprint density at radius 2 is 1.71 bits per heavy atom. The zero-order chi connectivity index (χ0) is 34.2. The molecule has 2 aliphatic heterocycles. The predicted molar refractivity (Wildman–Crippen MR) is 175 cm³/mol. The SMILES string of the molecule is O=C(Oc1c(CO)[nH]c2ccc3cc4ccccc4cc3c12)[C@@H]1O[C@@]2(O)[C@@H](O)C=C[C@H]3C[C@@H]([C@H](Cc4ccc(O)cc4)C(O)O)O[C@@H]1[C@]32O. The largest absolute Gasteiger partial charge is 0.508 e. The van der Waals surface area contributed by atoms with Crippen LogP contribution in [-0.2, 0) is 27.3 Å². The van der Waals surface area contributed by atoms with Crippen molar-refractivity contribution >= 4 is 38.4 Å². The summed E-state index contributed by atoms with van der Waals surface area (Å²) in [5.74, 6) is -5.56. The van der Waals surface area contributed by atoms with Crippen molar-refractivity contribution in [2.24, 2.45) is 11.8 Å². The second-order valence-corrected chi connectivity index (χ2v) is 13.2. The van der Waals surface area contributed by atoms with Crippen LogP contribution < -0.4 is 4.74 Å². The van der Waals surface area contributed by atoms with Crippen molar-refractivity contribution in [3.63, 3.8) is 0 Å². The van der Waals surface area contributed by atoms with E-state index >= 15 is 0 Å². The van der Waals surface area contributed by atoms with Gasteiger partial charge in [-0.2, -0.15) is 0 Å². The Hall–Kier alpha value is -4.37. The Morgan fingerprint density at radius 1 is 0.980 bits per heavy atom. The number of ether oxygens (including phenoxy) is 3. The molecular formula is C37H35NO11. The number of aromatic hydroxyl groups is 1. The Labute approximate surface area is 279 Å². The zero-order valence-corrected chi connectivity index (χ0v) is 26.0. The molecule has 0 bridgehead atoms. The summed E-state index contributed by atoms with van der Waals surface area (Å²) in [6.07, 6.45) is -5.13. The lowest BCUT2D eigenvalue weighted by atomic mass is 9.66. The molecule has 8 atom stereocenters. The molecule has 3 aliphatic rings. The van der Waals surface area contributed by atoms with E-state index in [2.05, 4.69) is 4.98 Å². The van der Waals surface area contributed by atoms with Gasteiger partial charge in [-0.1, -0.05) is 54.6 Å². The van der Waals surface area contributed by atoms with Gasteiger partial charge in [-0.3, -0.25) is 0 Å². The first kappa shape index (κ1) is 31.9. The molecule has 4 aromatic carbocycles. The van der Waals surface area contributed by atoms with E-state index in [1.54, 1.807) is 12.1 Å². The highest BCUT2D eigenvalue weighted by atomic mass is 16.7. The van der Waals surface area contributed by atoms with Crippen molar-refractivity contribution in [1.82, 2.24) is 4.98 Å². The fourth-order valence-electron chi connectivity index (χ4n) is 7.91. The third kappa shape index (κ3) is 4.87. The van der Waals surface area contributed by atoms with Gasteiger partial charge in [0, 0.05) is 11.8 Å². The third-order valence-corrected chi connectivity index (χ3v) is 10.4. The van der Waals surface area contributed by atoms with E-state index in [-0.39, 0.29) is 30.0 Å². The number of phenolic OH excluding ortho intramolecular Hbond substituents is 1. The molecular weight excluding hydrogens is 634 g/mol. The predicted octanol–water partition coefficient (Wildman–Crippen LogP) is 2.27. The Morgan fingerprint density at radius 3 is 2.43 bits per heavy atom. The van der Waals surface area contributed by atoms with Crippen molar-refractivity contribution in [3.05, 3.63) is 96.2 Å². The summed E-state index contributed by atoms with van der Waals surface area (Å²) < 4.78 is 18.1. The van der Waals surface area contributed by atoms with Gasteiger partial charge >= 0.3 is 5.97 Å². The molecule has 49 heavy (non-hydrogen) atoms. The molecule has 0 radical (unpaired) electrons. The number of phenols is 1. The number of esters is 1. The molecule has 0 saturated carbocycles. The van der Waals surface area contributed by atoms with Crippen LogP contribution in [0.15, 0.2) is 84.9 Å². The average Bonchev–Trinajstić information content (AvgIpc) is 3.57. The van der Waals surface area contributed by atoms with Gasteiger partial charge in [-0.25, -0.2) is 4.79 Å². The van der Waals surface area contributed by atoms with Gasteiger partial charge < -0.3 is 54.9 Å². The maximum Gasteiger partial charge on any atom is 0.343 e. The Balaban J connectivity index is 1.18. The van der Waals surface area contributed by atoms with Gasteiger partial charge in [0.15, 0.2) is 23.7 Å². The first-order chi connectivity index (χ1) is 23.5. The molecule has 8 rings (SSSR count). The first-order valence-electron chi connectivity index (χ1n) is 16.1. The van der Waals surface area contributed by atoms with Crippen LogP contribution in [0.1, 0.15) is 17.7 Å². The fourth-order valence-corrected chi connectivity index (χ4v) is 7.91. The maximum absolute atomic E-state index is 14.2. The van der Waals surface area contributed by atoms with Gasteiger partial charge in [0.1, 0.15) is 18.0 Å². The smallest absolute Gasteiger partial charge is 0.343 e. The number of aliphatic hydroxyl groups is 6. The van der Waals surface area contributed by atoms with Gasteiger partial charge in [-0.15, -0.1) is 0 Å². The molecule has 12 heteroatoms. The molecule has 0 unspecified atom stereocenters. The summed E-state index contributed by atoms with van der Waals surface area (Å²) in [4.78, 5) is 17.3. The number of benzene rings is 4. The van der Waals surface area contributed by atoms with E-state index in [4.69, 9.17) is 14.2 Å². The van der Waals surface area contributed by atoms with E-state index in [9.17, 15) is 40.5 Å². The summed E-state index contributed by atoms with van der Waals surface area (Å²) in [7, 11) is 0. The number of aromatic amines is 1. The molecule has 12 nitrogen and oxygen atoms in total. The standard InChI is InChI=1S/C37H35NO11/c39-17-27-31(30-24-15-20-4-2-1-3-19(20)14-21(24)7-11-26(30)38-27)48-35(44)32-33-36(45)22(8-12-29(41)37(36,46)49-32)16-28(47-33)25(34(42)43)13-18-5-9-23(40)10-6-18/h1-12,14-15,22,25,28-29,32-34,38-43,45-46H,13,16-17H2/t22-,25-,28-,29-,32+,33-,36+,37-/m0/s1. The lowest BCUT2D eigenvalue weighted by Crippen LogP contribution is -2.70. The lowest BCUT2D eigenvalue weighted by Gasteiger charge is -2.52. The molecule has 8 N–H and O–H groups in total. The highest BCUT2D eigenvalue weighted by Gasteiger charge is 2.75. The summed E-state index contributed by atoms with van der Waals surface area (Å²) in [5.41, 5.74) is -0.857. The monoisotopic (exact) mass is 669 g/mol. The second-order valence-electron chi connectivity index (χ2n) is 13.2. The molecule has 0 amide bonds.